The van der Waals surface area contributed by atoms with Crippen molar-refractivity contribution in [3.63, 3.8) is 0 Å². The highest BCUT2D eigenvalue weighted by atomic mass is 19.4. The van der Waals surface area contributed by atoms with E-state index in [-0.39, 0.29) is 0 Å². The van der Waals surface area contributed by atoms with E-state index < -0.39 is 11.7 Å². The fraction of sp³-hybridized carbons (Fsp3) is 0.500. The van der Waals surface area contributed by atoms with Crippen LogP contribution in [-0.4, -0.2) is 6.61 Å². The van der Waals surface area contributed by atoms with Gasteiger partial charge in [-0.2, -0.15) is 13.2 Å². The molecular weight excluding hydrogens is 217 g/mol. The number of alkyl halides is 3. The fourth-order valence-electron chi connectivity index (χ4n) is 1.51. The molecule has 0 saturated carbocycles. The van der Waals surface area contributed by atoms with Gasteiger partial charge in [0.1, 0.15) is 5.75 Å². The highest BCUT2D eigenvalue weighted by Gasteiger charge is 2.31. The van der Waals surface area contributed by atoms with Crippen molar-refractivity contribution in [2.24, 2.45) is 0 Å². The lowest BCUT2D eigenvalue weighted by molar-refractivity contribution is -0.137. The van der Waals surface area contributed by atoms with Gasteiger partial charge in [-0.1, -0.05) is 13.3 Å². The molecule has 0 radical (unpaired) electrons. The zero-order chi connectivity index (χ0) is 12.2. The smallest absolute Gasteiger partial charge is 0.416 e. The molecule has 0 heterocycles. The summed E-state index contributed by atoms with van der Waals surface area (Å²) in [7, 11) is 0. The highest BCUT2D eigenvalue weighted by Crippen LogP contribution is 2.32. The van der Waals surface area contributed by atoms with Crippen LogP contribution in [-0.2, 0) is 12.6 Å². The highest BCUT2D eigenvalue weighted by molar-refractivity contribution is 5.36. The molecule has 1 rings (SSSR count). The second kappa shape index (κ2) is 5.23. The lowest BCUT2D eigenvalue weighted by Crippen LogP contribution is -2.06. The molecule has 0 aliphatic carbocycles. The van der Waals surface area contributed by atoms with Gasteiger partial charge in [-0.3, -0.25) is 0 Å². The van der Waals surface area contributed by atoms with E-state index in [0.717, 1.165) is 12.5 Å². The van der Waals surface area contributed by atoms with Gasteiger partial charge in [0.15, 0.2) is 0 Å². The molecule has 0 amide bonds. The SMILES string of the molecule is CCCc1cc(OCC)cc(C(F)(F)F)c1. The molecule has 1 aromatic rings. The lowest BCUT2D eigenvalue weighted by atomic mass is 10.1. The van der Waals surface area contributed by atoms with Crippen LogP contribution in [0.5, 0.6) is 5.75 Å². The molecule has 0 aliphatic heterocycles. The monoisotopic (exact) mass is 232 g/mol. The van der Waals surface area contributed by atoms with E-state index in [1.54, 1.807) is 13.0 Å². The lowest BCUT2D eigenvalue weighted by Gasteiger charge is -2.12. The van der Waals surface area contributed by atoms with E-state index in [0.29, 0.717) is 24.3 Å². The largest absolute Gasteiger partial charge is 0.494 e. The van der Waals surface area contributed by atoms with E-state index in [1.165, 1.54) is 6.07 Å². The first-order chi connectivity index (χ1) is 7.47. The summed E-state index contributed by atoms with van der Waals surface area (Å²) in [6, 6.07) is 3.90. The minimum absolute atomic E-state index is 0.292. The maximum atomic E-state index is 12.6. The van der Waals surface area contributed by atoms with Crippen LogP contribution in [0, 0.1) is 0 Å². The van der Waals surface area contributed by atoms with Crippen molar-refractivity contribution in [3.05, 3.63) is 29.3 Å². The Morgan fingerprint density at radius 3 is 2.31 bits per heavy atom. The first-order valence-electron chi connectivity index (χ1n) is 5.31. The van der Waals surface area contributed by atoms with Crippen LogP contribution in [0.2, 0.25) is 0 Å². The number of hydrogen-bond acceptors (Lipinski definition) is 1. The summed E-state index contributed by atoms with van der Waals surface area (Å²) >= 11 is 0. The molecule has 0 unspecified atom stereocenters. The predicted molar refractivity (Wildman–Crippen MR) is 56.6 cm³/mol. The Hall–Kier alpha value is -1.19. The number of ether oxygens (including phenoxy) is 1. The van der Waals surface area contributed by atoms with Crippen molar-refractivity contribution in [2.75, 3.05) is 6.61 Å². The van der Waals surface area contributed by atoms with Gasteiger partial charge in [-0.05, 0) is 37.1 Å². The van der Waals surface area contributed by atoms with E-state index in [2.05, 4.69) is 0 Å². The Balaban J connectivity index is 3.08. The third kappa shape index (κ3) is 3.43. The summed E-state index contributed by atoms with van der Waals surface area (Å²) in [5.41, 5.74) is 0.0303. The molecule has 0 bridgehead atoms. The molecule has 0 spiro atoms. The Morgan fingerprint density at radius 1 is 1.12 bits per heavy atom. The fourth-order valence-corrected chi connectivity index (χ4v) is 1.51. The van der Waals surface area contributed by atoms with Crippen molar-refractivity contribution in [3.8, 4) is 5.75 Å². The van der Waals surface area contributed by atoms with Crippen molar-refractivity contribution < 1.29 is 17.9 Å². The molecule has 0 aliphatic rings. The first kappa shape index (κ1) is 12.9. The van der Waals surface area contributed by atoms with Crippen LogP contribution in [0.1, 0.15) is 31.4 Å². The Labute approximate surface area is 93.2 Å². The minimum Gasteiger partial charge on any atom is -0.494 e. The third-order valence-electron chi connectivity index (χ3n) is 2.14. The Bertz CT molecular complexity index is 320. The second-order valence-corrected chi connectivity index (χ2v) is 3.55. The third-order valence-corrected chi connectivity index (χ3v) is 2.14. The minimum atomic E-state index is -4.31. The predicted octanol–water partition coefficient (Wildman–Crippen LogP) is 4.06. The number of aryl methyl sites for hydroxylation is 1. The van der Waals surface area contributed by atoms with Gasteiger partial charge in [0, 0.05) is 0 Å². The summed E-state index contributed by atoms with van der Waals surface area (Å²) in [5.74, 6) is 0.292. The molecule has 0 aromatic heterocycles. The van der Waals surface area contributed by atoms with Gasteiger partial charge >= 0.3 is 6.18 Å². The van der Waals surface area contributed by atoms with Crippen molar-refractivity contribution in [1.29, 1.82) is 0 Å². The van der Waals surface area contributed by atoms with Gasteiger partial charge in [0.2, 0.25) is 0 Å². The van der Waals surface area contributed by atoms with Gasteiger partial charge in [0.05, 0.1) is 12.2 Å². The topological polar surface area (TPSA) is 9.23 Å². The first-order valence-corrected chi connectivity index (χ1v) is 5.31. The van der Waals surface area contributed by atoms with E-state index in [1.807, 2.05) is 6.92 Å². The Morgan fingerprint density at radius 2 is 1.81 bits per heavy atom. The maximum Gasteiger partial charge on any atom is 0.416 e. The van der Waals surface area contributed by atoms with Crippen LogP contribution in [0.15, 0.2) is 18.2 Å². The van der Waals surface area contributed by atoms with E-state index in [9.17, 15) is 13.2 Å². The normalized spacial score (nSPS) is 11.6. The standard InChI is InChI=1S/C12H15F3O/c1-3-5-9-6-10(12(13,14)15)8-11(7-9)16-4-2/h6-8H,3-5H2,1-2H3. The van der Waals surface area contributed by atoms with Crippen LogP contribution >= 0.6 is 0 Å². The van der Waals surface area contributed by atoms with Crippen LogP contribution in [0.3, 0.4) is 0 Å². The van der Waals surface area contributed by atoms with Crippen LogP contribution < -0.4 is 4.74 Å². The zero-order valence-corrected chi connectivity index (χ0v) is 9.40. The van der Waals surface area contributed by atoms with Crippen molar-refractivity contribution >= 4 is 0 Å². The van der Waals surface area contributed by atoms with E-state index in [4.69, 9.17) is 4.74 Å². The zero-order valence-electron chi connectivity index (χ0n) is 9.40. The summed E-state index contributed by atoms with van der Waals surface area (Å²) in [6.45, 7) is 4.05. The van der Waals surface area contributed by atoms with Gasteiger partial charge in [0.25, 0.3) is 0 Å². The molecule has 1 aromatic carbocycles. The second-order valence-electron chi connectivity index (χ2n) is 3.55. The summed E-state index contributed by atoms with van der Waals surface area (Å²) < 4.78 is 42.8. The number of benzene rings is 1. The van der Waals surface area contributed by atoms with Crippen molar-refractivity contribution in [1.82, 2.24) is 0 Å². The number of halogens is 3. The average Bonchev–Trinajstić information content (AvgIpc) is 2.17. The maximum absolute atomic E-state index is 12.6. The van der Waals surface area contributed by atoms with Crippen LogP contribution in [0.25, 0.3) is 0 Å². The average molecular weight is 232 g/mol. The molecule has 0 fully saturated rings. The van der Waals surface area contributed by atoms with Gasteiger partial charge in [-0.25, -0.2) is 0 Å². The molecule has 90 valence electrons. The number of rotatable bonds is 4. The van der Waals surface area contributed by atoms with Crippen molar-refractivity contribution in [2.45, 2.75) is 32.9 Å². The summed E-state index contributed by atoms with van der Waals surface area (Å²) in [6.07, 6.45) is -2.87. The van der Waals surface area contributed by atoms with Crippen LogP contribution in [0.4, 0.5) is 13.2 Å². The molecule has 16 heavy (non-hydrogen) atoms. The van der Waals surface area contributed by atoms with E-state index >= 15 is 0 Å². The molecule has 1 nitrogen and oxygen atoms in total. The van der Waals surface area contributed by atoms with Gasteiger partial charge < -0.3 is 4.74 Å². The summed E-state index contributed by atoms with van der Waals surface area (Å²) in [5, 5.41) is 0. The Kier molecular flexibility index (Phi) is 4.21. The molecule has 0 saturated heterocycles. The number of hydrogen-bond donors (Lipinski definition) is 0. The van der Waals surface area contributed by atoms with Gasteiger partial charge in [-0.15, -0.1) is 0 Å². The molecular formula is C12H15F3O. The molecule has 4 heteroatoms. The quantitative estimate of drug-likeness (QED) is 0.760. The molecule has 0 N–H and O–H groups in total. The summed E-state index contributed by atoms with van der Waals surface area (Å²) in [4.78, 5) is 0. The molecule has 0 atom stereocenters.